The molecule has 2 aliphatic heterocycles. The fraction of sp³-hybridized carbons (Fsp3) is 0.438. The van der Waals surface area contributed by atoms with Gasteiger partial charge < -0.3 is 19.7 Å². The van der Waals surface area contributed by atoms with Gasteiger partial charge in [-0.15, -0.1) is 0 Å². The van der Waals surface area contributed by atoms with Crippen molar-refractivity contribution in [3.63, 3.8) is 0 Å². The Balaban J connectivity index is 1.72. The smallest absolute Gasteiger partial charge is 0.231 e. The minimum absolute atomic E-state index is 0.308. The Morgan fingerprint density at radius 3 is 3.05 bits per heavy atom. The molecule has 110 valence electrons. The van der Waals surface area contributed by atoms with Gasteiger partial charge in [-0.05, 0) is 49.5 Å². The summed E-state index contributed by atoms with van der Waals surface area (Å²) in [6.45, 7) is 3.49. The van der Waals surface area contributed by atoms with Crippen molar-refractivity contribution in [3.8, 4) is 11.5 Å². The van der Waals surface area contributed by atoms with Gasteiger partial charge in [0.25, 0.3) is 0 Å². The second kappa shape index (κ2) is 5.07. The summed E-state index contributed by atoms with van der Waals surface area (Å²) in [4.78, 5) is 7.00. The SMILES string of the molecule is CNCC1CCN(c2nccc3cc4c(cc23)OCO4)C1. The van der Waals surface area contributed by atoms with Crippen LogP contribution < -0.4 is 19.7 Å². The molecule has 3 heterocycles. The van der Waals surface area contributed by atoms with Crippen LogP contribution in [0.3, 0.4) is 0 Å². The first kappa shape index (κ1) is 12.7. The molecular weight excluding hydrogens is 266 g/mol. The Hall–Kier alpha value is -2.01. The molecule has 5 nitrogen and oxygen atoms in total. The van der Waals surface area contributed by atoms with E-state index < -0.39 is 0 Å². The van der Waals surface area contributed by atoms with Crippen LogP contribution in [0, 0.1) is 5.92 Å². The molecule has 1 atom stereocenters. The summed E-state index contributed by atoms with van der Waals surface area (Å²) in [5, 5.41) is 5.57. The molecular formula is C16H19N3O2. The van der Waals surface area contributed by atoms with Crippen LogP contribution in [-0.4, -0.2) is 38.5 Å². The van der Waals surface area contributed by atoms with E-state index in [9.17, 15) is 0 Å². The van der Waals surface area contributed by atoms with Gasteiger partial charge in [-0.2, -0.15) is 0 Å². The van der Waals surface area contributed by atoms with E-state index in [4.69, 9.17) is 9.47 Å². The molecule has 0 aliphatic carbocycles. The average molecular weight is 285 g/mol. The van der Waals surface area contributed by atoms with Gasteiger partial charge in [0, 0.05) is 24.7 Å². The topological polar surface area (TPSA) is 46.6 Å². The number of ether oxygens (including phenoxy) is 2. The van der Waals surface area contributed by atoms with Crippen molar-refractivity contribution in [3.05, 3.63) is 24.4 Å². The second-order valence-corrected chi connectivity index (χ2v) is 5.72. The molecule has 1 fully saturated rings. The molecule has 0 spiro atoms. The van der Waals surface area contributed by atoms with Crippen LogP contribution in [0.2, 0.25) is 0 Å². The van der Waals surface area contributed by atoms with Crippen LogP contribution >= 0.6 is 0 Å². The van der Waals surface area contributed by atoms with E-state index in [2.05, 4.69) is 21.3 Å². The number of nitrogens with one attached hydrogen (secondary N) is 1. The van der Waals surface area contributed by atoms with Gasteiger partial charge in [0.2, 0.25) is 6.79 Å². The molecule has 1 aromatic heterocycles. The van der Waals surface area contributed by atoms with Gasteiger partial charge in [-0.25, -0.2) is 4.98 Å². The Labute approximate surface area is 123 Å². The fourth-order valence-corrected chi connectivity index (χ4v) is 3.28. The summed E-state index contributed by atoms with van der Waals surface area (Å²) < 4.78 is 11.0. The first-order valence-corrected chi connectivity index (χ1v) is 7.43. The molecule has 2 aliphatic rings. The zero-order valence-electron chi connectivity index (χ0n) is 12.1. The van der Waals surface area contributed by atoms with Crippen molar-refractivity contribution in [2.45, 2.75) is 6.42 Å². The molecule has 21 heavy (non-hydrogen) atoms. The van der Waals surface area contributed by atoms with E-state index in [1.807, 2.05) is 25.4 Å². The average Bonchev–Trinajstić information content (AvgIpc) is 3.13. The van der Waals surface area contributed by atoms with Crippen molar-refractivity contribution >= 4 is 16.6 Å². The number of nitrogens with zero attached hydrogens (tertiary/aromatic N) is 2. The van der Waals surface area contributed by atoms with E-state index in [1.165, 1.54) is 6.42 Å². The highest BCUT2D eigenvalue weighted by Gasteiger charge is 2.25. The molecule has 0 saturated carbocycles. The first-order chi connectivity index (χ1) is 10.3. The minimum Gasteiger partial charge on any atom is -0.454 e. The van der Waals surface area contributed by atoms with Gasteiger partial charge >= 0.3 is 0 Å². The number of rotatable bonds is 3. The molecule has 2 aromatic rings. The van der Waals surface area contributed by atoms with Crippen LogP contribution in [0.4, 0.5) is 5.82 Å². The number of hydrogen-bond donors (Lipinski definition) is 1. The summed E-state index contributed by atoms with van der Waals surface area (Å²) in [5.41, 5.74) is 0. The largest absolute Gasteiger partial charge is 0.454 e. The van der Waals surface area contributed by atoms with Gasteiger partial charge in [0.05, 0.1) is 0 Å². The summed E-state index contributed by atoms with van der Waals surface area (Å²) in [5.74, 6) is 3.40. The van der Waals surface area contributed by atoms with Gasteiger partial charge in [-0.3, -0.25) is 0 Å². The molecule has 0 bridgehead atoms. The third-order valence-electron chi connectivity index (χ3n) is 4.31. The van der Waals surface area contributed by atoms with Crippen LogP contribution in [-0.2, 0) is 0 Å². The van der Waals surface area contributed by atoms with E-state index in [1.54, 1.807) is 0 Å². The van der Waals surface area contributed by atoms with Crippen molar-refractivity contribution in [1.29, 1.82) is 0 Å². The summed E-state index contributed by atoms with van der Waals surface area (Å²) in [7, 11) is 2.01. The maximum Gasteiger partial charge on any atom is 0.231 e. The van der Waals surface area contributed by atoms with Crippen molar-refractivity contribution in [1.82, 2.24) is 10.3 Å². The number of aromatic nitrogens is 1. The van der Waals surface area contributed by atoms with Crippen LogP contribution in [0.25, 0.3) is 10.8 Å². The maximum absolute atomic E-state index is 5.51. The lowest BCUT2D eigenvalue weighted by molar-refractivity contribution is 0.174. The Morgan fingerprint density at radius 2 is 2.19 bits per heavy atom. The number of hydrogen-bond acceptors (Lipinski definition) is 5. The fourth-order valence-electron chi connectivity index (χ4n) is 3.28. The summed E-state index contributed by atoms with van der Waals surface area (Å²) >= 11 is 0. The summed E-state index contributed by atoms with van der Waals surface area (Å²) in [6.07, 6.45) is 3.09. The lowest BCUT2D eigenvalue weighted by Gasteiger charge is -2.19. The maximum atomic E-state index is 5.51. The molecule has 1 N–H and O–H groups in total. The standard InChI is InChI=1S/C16H19N3O2/c1-17-8-11-3-5-19(9-11)16-13-7-15-14(20-10-21-15)6-12(13)2-4-18-16/h2,4,6-7,11,17H,3,5,8-10H2,1H3. The quantitative estimate of drug-likeness (QED) is 0.934. The van der Waals surface area contributed by atoms with Gasteiger partial charge in [0.1, 0.15) is 5.82 Å². The predicted molar refractivity (Wildman–Crippen MR) is 82.1 cm³/mol. The monoisotopic (exact) mass is 285 g/mol. The van der Waals surface area contributed by atoms with E-state index in [0.29, 0.717) is 12.7 Å². The van der Waals surface area contributed by atoms with Crippen LogP contribution in [0.5, 0.6) is 11.5 Å². The van der Waals surface area contributed by atoms with E-state index in [0.717, 1.165) is 47.7 Å². The molecule has 1 aromatic carbocycles. The molecule has 5 heteroatoms. The molecule has 0 radical (unpaired) electrons. The second-order valence-electron chi connectivity index (χ2n) is 5.72. The highest BCUT2D eigenvalue weighted by Crippen LogP contribution is 2.39. The van der Waals surface area contributed by atoms with Crippen molar-refractivity contribution < 1.29 is 9.47 Å². The van der Waals surface area contributed by atoms with Crippen molar-refractivity contribution in [2.75, 3.05) is 38.4 Å². The molecule has 1 unspecified atom stereocenters. The summed E-state index contributed by atoms with van der Waals surface area (Å²) in [6, 6.07) is 6.14. The normalized spacial score (nSPS) is 20.4. The lowest BCUT2D eigenvalue weighted by Crippen LogP contribution is -2.25. The third-order valence-corrected chi connectivity index (χ3v) is 4.31. The van der Waals surface area contributed by atoms with Crippen molar-refractivity contribution in [2.24, 2.45) is 5.92 Å². The van der Waals surface area contributed by atoms with E-state index >= 15 is 0 Å². The van der Waals surface area contributed by atoms with Crippen LogP contribution in [0.15, 0.2) is 24.4 Å². The number of pyridine rings is 1. The Bertz CT molecular complexity index is 674. The predicted octanol–water partition coefficient (Wildman–Crippen LogP) is 2.01. The first-order valence-electron chi connectivity index (χ1n) is 7.43. The van der Waals surface area contributed by atoms with Crippen LogP contribution in [0.1, 0.15) is 6.42 Å². The number of fused-ring (bicyclic) bond motifs is 2. The third kappa shape index (κ3) is 2.17. The number of anilines is 1. The zero-order chi connectivity index (χ0) is 14.2. The molecule has 0 amide bonds. The van der Waals surface area contributed by atoms with E-state index in [-0.39, 0.29) is 0 Å². The highest BCUT2D eigenvalue weighted by molar-refractivity contribution is 5.94. The van der Waals surface area contributed by atoms with Gasteiger partial charge in [0.15, 0.2) is 11.5 Å². The van der Waals surface area contributed by atoms with Gasteiger partial charge in [-0.1, -0.05) is 0 Å². The minimum atomic E-state index is 0.308. The molecule has 4 rings (SSSR count). The zero-order valence-corrected chi connectivity index (χ0v) is 12.1. The Kier molecular flexibility index (Phi) is 3.07. The highest BCUT2D eigenvalue weighted by atomic mass is 16.7. The molecule has 1 saturated heterocycles. The lowest BCUT2D eigenvalue weighted by atomic mass is 10.1. The number of benzene rings is 1. The Morgan fingerprint density at radius 1 is 1.33 bits per heavy atom.